The van der Waals surface area contributed by atoms with E-state index in [0.29, 0.717) is 29.1 Å². The predicted molar refractivity (Wildman–Crippen MR) is 64.9 cm³/mol. The van der Waals surface area contributed by atoms with Gasteiger partial charge in [0, 0.05) is 14.2 Å². The van der Waals surface area contributed by atoms with Gasteiger partial charge in [0.25, 0.3) is 5.56 Å². The Balaban J connectivity index is 2.85. The zero-order valence-corrected chi connectivity index (χ0v) is 10.3. The summed E-state index contributed by atoms with van der Waals surface area (Å²) in [5, 5.41) is 0. The molecule has 0 aliphatic rings. The standard InChI is InChI=1S/C9H12N4O3S/c1-12-7(14)5-6(11-8(17)10-5)13(9(12)15)3-4-16-2/h3-4H2,1-2H3,(H2,10,11,17). The molecule has 2 aromatic rings. The quantitative estimate of drug-likeness (QED) is 0.740. The molecule has 0 aromatic carbocycles. The van der Waals surface area contributed by atoms with E-state index in [4.69, 9.17) is 17.0 Å². The number of methoxy groups -OCH3 is 1. The highest BCUT2D eigenvalue weighted by atomic mass is 32.1. The first kappa shape index (κ1) is 11.8. The van der Waals surface area contributed by atoms with E-state index in [0.717, 1.165) is 4.57 Å². The molecule has 0 unspecified atom stereocenters. The van der Waals surface area contributed by atoms with Crippen LogP contribution in [0.3, 0.4) is 0 Å². The summed E-state index contributed by atoms with van der Waals surface area (Å²) in [6.07, 6.45) is 0. The van der Waals surface area contributed by atoms with Crippen molar-refractivity contribution < 1.29 is 4.74 Å². The molecule has 92 valence electrons. The smallest absolute Gasteiger partial charge is 0.332 e. The van der Waals surface area contributed by atoms with Gasteiger partial charge in [-0.25, -0.2) is 4.79 Å². The Bertz CT molecular complexity index is 720. The monoisotopic (exact) mass is 256 g/mol. The third-order valence-electron chi connectivity index (χ3n) is 2.53. The molecule has 0 spiro atoms. The summed E-state index contributed by atoms with van der Waals surface area (Å²) < 4.78 is 7.71. The highest BCUT2D eigenvalue weighted by Gasteiger charge is 2.12. The average Bonchev–Trinajstić information content (AvgIpc) is 2.68. The summed E-state index contributed by atoms with van der Waals surface area (Å²) in [7, 11) is 2.97. The van der Waals surface area contributed by atoms with E-state index in [-0.39, 0.29) is 0 Å². The van der Waals surface area contributed by atoms with Crippen LogP contribution in [-0.4, -0.2) is 32.8 Å². The maximum Gasteiger partial charge on any atom is 0.332 e. The van der Waals surface area contributed by atoms with E-state index in [2.05, 4.69) is 9.97 Å². The lowest BCUT2D eigenvalue weighted by Gasteiger charge is -2.07. The molecular formula is C9H12N4O3S. The molecule has 0 fully saturated rings. The molecular weight excluding hydrogens is 244 g/mol. The van der Waals surface area contributed by atoms with E-state index in [1.165, 1.54) is 11.6 Å². The third kappa shape index (κ3) is 1.85. The molecule has 0 amide bonds. The summed E-state index contributed by atoms with van der Waals surface area (Å²) in [4.78, 5) is 29.3. The predicted octanol–water partition coefficient (Wildman–Crippen LogP) is -0.268. The number of rotatable bonds is 3. The number of hydrogen-bond donors (Lipinski definition) is 2. The summed E-state index contributed by atoms with van der Waals surface area (Å²) in [5.41, 5.74) is -0.0934. The minimum absolute atomic E-state index is 0.299. The van der Waals surface area contributed by atoms with Gasteiger partial charge in [-0.05, 0) is 12.2 Å². The first-order valence-corrected chi connectivity index (χ1v) is 5.38. The second-order valence-electron chi connectivity index (χ2n) is 3.59. The maximum absolute atomic E-state index is 11.9. The van der Waals surface area contributed by atoms with Crippen LogP contribution in [0.1, 0.15) is 0 Å². The number of H-pyrrole nitrogens is 2. The van der Waals surface area contributed by atoms with Crippen molar-refractivity contribution >= 4 is 23.4 Å². The number of fused-ring (bicyclic) bond motifs is 1. The Hall–Kier alpha value is -1.67. The number of aromatic amines is 2. The number of nitrogens with one attached hydrogen (secondary N) is 2. The largest absolute Gasteiger partial charge is 0.383 e. The molecule has 0 aliphatic heterocycles. The second kappa shape index (κ2) is 4.30. The van der Waals surface area contributed by atoms with E-state index in [1.807, 2.05) is 0 Å². The molecule has 2 N–H and O–H groups in total. The SMILES string of the molecule is COCCn1c(=O)n(C)c(=O)c2[nH]c(=S)[nH]c21. The lowest BCUT2D eigenvalue weighted by Crippen LogP contribution is -2.38. The van der Waals surface area contributed by atoms with Gasteiger partial charge in [-0.15, -0.1) is 0 Å². The van der Waals surface area contributed by atoms with Crippen LogP contribution in [0.5, 0.6) is 0 Å². The first-order valence-electron chi connectivity index (χ1n) is 4.97. The number of imidazole rings is 1. The van der Waals surface area contributed by atoms with Crippen molar-refractivity contribution in [3.8, 4) is 0 Å². The van der Waals surface area contributed by atoms with Crippen LogP contribution in [-0.2, 0) is 18.3 Å². The van der Waals surface area contributed by atoms with Crippen molar-refractivity contribution in [3.05, 3.63) is 25.6 Å². The van der Waals surface area contributed by atoms with Crippen molar-refractivity contribution in [2.45, 2.75) is 6.54 Å². The zero-order chi connectivity index (χ0) is 12.6. The Morgan fingerprint density at radius 3 is 2.71 bits per heavy atom. The number of hydrogen-bond acceptors (Lipinski definition) is 4. The van der Waals surface area contributed by atoms with Gasteiger partial charge in [0.2, 0.25) is 0 Å². The van der Waals surface area contributed by atoms with Crippen molar-refractivity contribution in [1.82, 2.24) is 19.1 Å². The van der Waals surface area contributed by atoms with Gasteiger partial charge < -0.3 is 14.7 Å². The Kier molecular flexibility index (Phi) is 2.99. The molecule has 0 aliphatic carbocycles. The molecule has 0 saturated heterocycles. The van der Waals surface area contributed by atoms with Gasteiger partial charge in [-0.2, -0.15) is 0 Å². The van der Waals surface area contributed by atoms with E-state index in [9.17, 15) is 9.59 Å². The van der Waals surface area contributed by atoms with E-state index >= 15 is 0 Å². The molecule has 0 saturated carbocycles. The van der Waals surface area contributed by atoms with Crippen LogP contribution >= 0.6 is 12.2 Å². The molecule has 2 heterocycles. The van der Waals surface area contributed by atoms with Crippen LogP contribution in [0, 0.1) is 4.77 Å². The van der Waals surface area contributed by atoms with Crippen LogP contribution in [0.4, 0.5) is 0 Å². The minimum atomic E-state index is -0.398. The molecule has 2 rings (SSSR count). The highest BCUT2D eigenvalue weighted by molar-refractivity contribution is 7.71. The molecule has 2 aromatic heterocycles. The maximum atomic E-state index is 11.9. The van der Waals surface area contributed by atoms with E-state index < -0.39 is 11.2 Å². The van der Waals surface area contributed by atoms with Crippen molar-refractivity contribution in [3.63, 3.8) is 0 Å². The van der Waals surface area contributed by atoms with Gasteiger partial charge in [-0.1, -0.05) is 0 Å². The third-order valence-corrected chi connectivity index (χ3v) is 2.74. The number of nitrogens with zero attached hydrogens (tertiary/aromatic N) is 2. The fourth-order valence-corrected chi connectivity index (χ4v) is 1.85. The fraction of sp³-hybridized carbons (Fsp3) is 0.444. The van der Waals surface area contributed by atoms with Gasteiger partial charge in [-0.3, -0.25) is 13.9 Å². The van der Waals surface area contributed by atoms with Crippen LogP contribution in [0.15, 0.2) is 9.59 Å². The zero-order valence-electron chi connectivity index (χ0n) is 9.44. The summed E-state index contributed by atoms with van der Waals surface area (Å²) in [5.74, 6) is 0. The first-order chi connectivity index (χ1) is 8.06. The van der Waals surface area contributed by atoms with Crippen LogP contribution < -0.4 is 11.2 Å². The fourth-order valence-electron chi connectivity index (χ4n) is 1.65. The summed E-state index contributed by atoms with van der Waals surface area (Å²) in [6, 6.07) is 0. The minimum Gasteiger partial charge on any atom is -0.383 e. The topological polar surface area (TPSA) is 84.8 Å². The normalized spacial score (nSPS) is 11.2. The van der Waals surface area contributed by atoms with E-state index in [1.54, 1.807) is 7.11 Å². The van der Waals surface area contributed by atoms with Crippen molar-refractivity contribution in [1.29, 1.82) is 0 Å². The Labute approximate surface area is 101 Å². The number of ether oxygens (including phenoxy) is 1. The molecule has 8 heteroatoms. The van der Waals surface area contributed by atoms with Gasteiger partial charge in [0.1, 0.15) is 11.2 Å². The van der Waals surface area contributed by atoms with Crippen LogP contribution in [0.25, 0.3) is 11.2 Å². The second-order valence-corrected chi connectivity index (χ2v) is 4.00. The van der Waals surface area contributed by atoms with Gasteiger partial charge in [0.05, 0.1) is 13.2 Å². The molecule has 17 heavy (non-hydrogen) atoms. The molecule has 0 bridgehead atoms. The van der Waals surface area contributed by atoms with Crippen molar-refractivity contribution in [2.24, 2.45) is 7.05 Å². The highest BCUT2D eigenvalue weighted by Crippen LogP contribution is 2.02. The lowest BCUT2D eigenvalue weighted by atomic mass is 10.5. The molecule has 0 radical (unpaired) electrons. The summed E-state index contributed by atoms with van der Waals surface area (Å²) in [6.45, 7) is 0.724. The molecule has 7 nitrogen and oxygen atoms in total. The van der Waals surface area contributed by atoms with Gasteiger partial charge >= 0.3 is 5.69 Å². The van der Waals surface area contributed by atoms with Crippen LogP contribution in [0.2, 0.25) is 0 Å². The Morgan fingerprint density at radius 2 is 2.06 bits per heavy atom. The lowest BCUT2D eigenvalue weighted by molar-refractivity contribution is 0.186. The molecule has 0 atom stereocenters. The Morgan fingerprint density at radius 1 is 1.35 bits per heavy atom. The number of aromatic nitrogens is 4. The van der Waals surface area contributed by atoms with Gasteiger partial charge in [0.15, 0.2) is 4.77 Å². The van der Waals surface area contributed by atoms with Crippen molar-refractivity contribution in [2.75, 3.05) is 13.7 Å². The average molecular weight is 256 g/mol. The summed E-state index contributed by atoms with van der Waals surface area (Å²) >= 11 is 4.93.